The van der Waals surface area contributed by atoms with Gasteiger partial charge in [0.2, 0.25) is 0 Å². The highest BCUT2D eigenvalue weighted by molar-refractivity contribution is 5.95. The van der Waals surface area contributed by atoms with Gasteiger partial charge in [0.05, 0.1) is 19.8 Å². The molecule has 3 aromatic rings. The van der Waals surface area contributed by atoms with Crippen LogP contribution in [-0.4, -0.2) is 79.5 Å². The molecule has 2 aliphatic rings. The van der Waals surface area contributed by atoms with Gasteiger partial charge in [-0.05, 0) is 61.2 Å². The number of anilines is 2. The van der Waals surface area contributed by atoms with E-state index in [1.165, 1.54) is 6.33 Å². The molecular weight excluding hydrogens is 470 g/mol. The first-order chi connectivity index (χ1) is 18.1. The summed E-state index contributed by atoms with van der Waals surface area (Å²) in [5.74, 6) is 1.38. The van der Waals surface area contributed by atoms with Gasteiger partial charge >= 0.3 is 0 Å². The lowest BCUT2D eigenvalue weighted by Gasteiger charge is -2.38. The number of amides is 1. The zero-order valence-electron chi connectivity index (χ0n) is 21.7. The number of ether oxygens (including phenoxy) is 3. The average molecular weight is 506 g/mol. The van der Waals surface area contributed by atoms with Crippen LogP contribution in [0.1, 0.15) is 35.3 Å². The molecular formula is C28H35N5O4. The summed E-state index contributed by atoms with van der Waals surface area (Å²) < 4.78 is 16.5. The van der Waals surface area contributed by atoms with Gasteiger partial charge in [-0.25, -0.2) is 9.97 Å². The second-order valence-corrected chi connectivity index (χ2v) is 9.73. The van der Waals surface area contributed by atoms with Crippen LogP contribution in [0.4, 0.5) is 11.5 Å². The largest absolute Gasteiger partial charge is 0.497 e. The lowest BCUT2D eigenvalue weighted by Crippen LogP contribution is -2.54. The molecule has 9 heteroatoms. The second-order valence-electron chi connectivity index (χ2n) is 9.73. The normalized spacial score (nSPS) is 20.7. The third-order valence-corrected chi connectivity index (χ3v) is 7.44. The molecule has 2 atom stereocenters. The minimum atomic E-state index is -0.0505. The van der Waals surface area contributed by atoms with Gasteiger partial charge in [-0.1, -0.05) is 12.1 Å². The number of hydrogen-bond donors (Lipinski definition) is 2. The van der Waals surface area contributed by atoms with Crippen LogP contribution < -0.4 is 15.4 Å². The Labute approximate surface area is 217 Å². The standard InChI is InChI=1S/C28H35N5O4/c1-18-26(28(34)33-11-8-21(9-12-33)31-24-10-13-37-16-25(24)36-3)29-17-30-27(18)32-22-6-4-19-5-7-23(35-2)15-20(19)14-22/h4-7,14-15,17,21,24-25,31H,8-13,16H2,1-3H3,(H,29,30,32). The molecule has 1 aromatic heterocycles. The number of nitrogens with zero attached hydrogens (tertiary/aromatic N) is 3. The van der Waals surface area contributed by atoms with Gasteiger partial charge in [0.1, 0.15) is 23.6 Å². The number of fused-ring (bicyclic) bond motifs is 1. The van der Waals surface area contributed by atoms with Gasteiger partial charge in [0.15, 0.2) is 0 Å². The summed E-state index contributed by atoms with van der Waals surface area (Å²) in [6, 6.07) is 12.7. The van der Waals surface area contributed by atoms with Crippen LogP contribution in [0.25, 0.3) is 10.8 Å². The highest BCUT2D eigenvalue weighted by Gasteiger charge is 2.31. The Bertz CT molecular complexity index is 1240. The molecule has 0 radical (unpaired) electrons. The Balaban J connectivity index is 1.23. The fourth-order valence-electron chi connectivity index (χ4n) is 5.19. The third-order valence-electron chi connectivity index (χ3n) is 7.44. The van der Waals surface area contributed by atoms with E-state index in [0.717, 1.165) is 53.6 Å². The van der Waals surface area contributed by atoms with Gasteiger partial charge in [-0.3, -0.25) is 4.79 Å². The Kier molecular flexibility index (Phi) is 7.83. The van der Waals surface area contributed by atoms with Crippen molar-refractivity contribution >= 4 is 28.2 Å². The predicted molar refractivity (Wildman–Crippen MR) is 143 cm³/mol. The van der Waals surface area contributed by atoms with Gasteiger partial charge in [-0.2, -0.15) is 0 Å². The van der Waals surface area contributed by atoms with Crippen LogP contribution >= 0.6 is 0 Å². The van der Waals surface area contributed by atoms with Crippen LogP contribution in [0, 0.1) is 6.92 Å². The SMILES string of the molecule is COc1ccc2ccc(Nc3ncnc(C(=O)N4CCC(NC5CCOCC5OC)CC4)c3C)cc2c1. The molecule has 2 saturated heterocycles. The molecule has 0 saturated carbocycles. The highest BCUT2D eigenvalue weighted by atomic mass is 16.5. The van der Waals surface area contributed by atoms with Crippen molar-refractivity contribution < 1.29 is 19.0 Å². The molecule has 0 aliphatic carbocycles. The van der Waals surface area contributed by atoms with Crippen LogP contribution in [-0.2, 0) is 9.47 Å². The molecule has 3 heterocycles. The average Bonchev–Trinajstić information content (AvgIpc) is 2.94. The molecule has 0 spiro atoms. The second kappa shape index (κ2) is 11.4. The van der Waals surface area contributed by atoms with Crippen molar-refractivity contribution in [3.05, 3.63) is 54.0 Å². The summed E-state index contributed by atoms with van der Waals surface area (Å²) in [5.41, 5.74) is 2.06. The smallest absolute Gasteiger partial charge is 0.272 e. The van der Waals surface area contributed by atoms with E-state index in [1.807, 2.05) is 48.2 Å². The Morgan fingerprint density at radius 2 is 1.86 bits per heavy atom. The maximum atomic E-state index is 13.4. The number of nitrogens with one attached hydrogen (secondary N) is 2. The number of hydrogen-bond acceptors (Lipinski definition) is 8. The monoisotopic (exact) mass is 505 g/mol. The van der Waals surface area contributed by atoms with Gasteiger partial charge in [0.25, 0.3) is 5.91 Å². The molecule has 5 rings (SSSR count). The number of benzene rings is 2. The van der Waals surface area contributed by atoms with Crippen LogP contribution in [0.2, 0.25) is 0 Å². The van der Waals surface area contributed by atoms with Gasteiger partial charge in [0, 0.05) is 50.1 Å². The summed E-state index contributed by atoms with van der Waals surface area (Å²) in [6.07, 6.45) is 4.27. The van der Waals surface area contributed by atoms with E-state index in [2.05, 4.69) is 20.6 Å². The van der Waals surface area contributed by atoms with Gasteiger partial charge < -0.3 is 29.7 Å². The molecule has 2 N–H and O–H groups in total. The van der Waals surface area contributed by atoms with Crippen molar-refractivity contribution in [2.24, 2.45) is 0 Å². The zero-order valence-corrected chi connectivity index (χ0v) is 21.7. The number of aromatic nitrogens is 2. The number of rotatable bonds is 7. The van der Waals surface area contributed by atoms with E-state index in [9.17, 15) is 4.79 Å². The van der Waals surface area contributed by atoms with Gasteiger partial charge in [-0.15, -0.1) is 0 Å². The Morgan fingerprint density at radius 3 is 2.65 bits per heavy atom. The maximum absolute atomic E-state index is 13.4. The Morgan fingerprint density at radius 1 is 1.05 bits per heavy atom. The van der Waals surface area contributed by atoms with Crippen molar-refractivity contribution in [2.75, 3.05) is 45.8 Å². The number of methoxy groups -OCH3 is 2. The molecule has 196 valence electrons. The van der Waals surface area contributed by atoms with Crippen molar-refractivity contribution in [3.63, 3.8) is 0 Å². The van der Waals surface area contributed by atoms with Crippen LogP contribution in [0.15, 0.2) is 42.7 Å². The molecule has 1 amide bonds. The molecule has 2 unspecified atom stereocenters. The molecule has 2 fully saturated rings. The summed E-state index contributed by atoms with van der Waals surface area (Å²) >= 11 is 0. The third kappa shape index (κ3) is 5.69. The lowest BCUT2D eigenvalue weighted by molar-refractivity contribution is -0.0533. The topological polar surface area (TPSA) is 97.8 Å². The minimum Gasteiger partial charge on any atom is -0.497 e. The number of carbonyl (C=O) groups excluding carboxylic acids is 1. The summed E-state index contributed by atoms with van der Waals surface area (Å²) in [5, 5.41) is 9.28. The van der Waals surface area contributed by atoms with Crippen molar-refractivity contribution in [2.45, 2.75) is 44.4 Å². The zero-order chi connectivity index (χ0) is 25.8. The quantitative estimate of drug-likeness (QED) is 0.502. The first-order valence-electron chi connectivity index (χ1n) is 12.9. The summed E-state index contributed by atoms with van der Waals surface area (Å²) in [7, 11) is 3.40. The van der Waals surface area contributed by atoms with Crippen molar-refractivity contribution in [1.82, 2.24) is 20.2 Å². The molecule has 37 heavy (non-hydrogen) atoms. The number of piperidine rings is 1. The molecule has 0 bridgehead atoms. The predicted octanol–water partition coefficient (Wildman–Crippen LogP) is 3.69. The van der Waals surface area contributed by atoms with E-state index >= 15 is 0 Å². The first kappa shape index (κ1) is 25.4. The van der Waals surface area contributed by atoms with E-state index in [1.54, 1.807) is 14.2 Å². The Hall–Kier alpha value is -3.27. The minimum absolute atomic E-state index is 0.0505. The number of carbonyl (C=O) groups is 1. The first-order valence-corrected chi connectivity index (χ1v) is 12.9. The fourth-order valence-corrected chi connectivity index (χ4v) is 5.19. The molecule has 9 nitrogen and oxygen atoms in total. The van der Waals surface area contributed by atoms with Crippen molar-refractivity contribution in [3.8, 4) is 5.75 Å². The van der Waals surface area contributed by atoms with E-state index < -0.39 is 0 Å². The molecule has 2 aliphatic heterocycles. The van der Waals surface area contributed by atoms with E-state index in [0.29, 0.717) is 43.3 Å². The van der Waals surface area contributed by atoms with Crippen molar-refractivity contribution in [1.29, 1.82) is 0 Å². The van der Waals surface area contributed by atoms with E-state index in [-0.39, 0.29) is 12.0 Å². The van der Waals surface area contributed by atoms with Crippen LogP contribution in [0.5, 0.6) is 5.75 Å². The van der Waals surface area contributed by atoms with Crippen LogP contribution in [0.3, 0.4) is 0 Å². The fraction of sp³-hybridized carbons (Fsp3) is 0.464. The maximum Gasteiger partial charge on any atom is 0.272 e. The lowest BCUT2D eigenvalue weighted by atomic mass is 9.99. The van der Waals surface area contributed by atoms with E-state index in [4.69, 9.17) is 14.2 Å². The summed E-state index contributed by atoms with van der Waals surface area (Å²) in [4.78, 5) is 24.1. The summed E-state index contributed by atoms with van der Waals surface area (Å²) in [6.45, 7) is 4.66. The number of likely N-dealkylation sites (tertiary alicyclic amines) is 1. The molecule has 2 aromatic carbocycles. The highest BCUT2D eigenvalue weighted by Crippen LogP contribution is 2.27.